The van der Waals surface area contributed by atoms with Crippen LogP contribution >= 0.6 is 11.8 Å². The zero-order chi connectivity index (χ0) is 18.5. The number of hydrogen-bond acceptors (Lipinski definition) is 5. The topological polar surface area (TPSA) is 61.8 Å². The number of ether oxygens (including phenoxy) is 1. The van der Waals surface area contributed by atoms with Crippen molar-refractivity contribution in [2.24, 2.45) is 0 Å². The molecule has 6 heteroatoms. The molecule has 1 aromatic carbocycles. The van der Waals surface area contributed by atoms with Gasteiger partial charge in [-0.3, -0.25) is 9.69 Å². The third-order valence-electron chi connectivity index (χ3n) is 5.47. The van der Waals surface area contributed by atoms with Gasteiger partial charge >= 0.3 is 5.97 Å². The van der Waals surface area contributed by atoms with Gasteiger partial charge in [0, 0.05) is 29.6 Å². The lowest BCUT2D eigenvalue weighted by molar-refractivity contribution is -0.139. The van der Waals surface area contributed by atoms with Crippen molar-refractivity contribution in [2.75, 3.05) is 19.7 Å². The van der Waals surface area contributed by atoms with Crippen LogP contribution in [-0.2, 0) is 9.53 Å². The van der Waals surface area contributed by atoms with Gasteiger partial charge in [0.2, 0.25) is 0 Å². The summed E-state index contributed by atoms with van der Waals surface area (Å²) in [5.74, 6) is -0.735. The normalized spacial score (nSPS) is 30.7. The average Bonchev–Trinajstić information content (AvgIpc) is 2.59. The Hall–Kier alpha value is -1.08. The van der Waals surface area contributed by atoms with Crippen LogP contribution in [0.4, 0.5) is 0 Å². The van der Waals surface area contributed by atoms with Gasteiger partial charge in [0.25, 0.3) is 0 Å². The lowest BCUT2D eigenvalue weighted by Crippen LogP contribution is -2.63. The summed E-state index contributed by atoms with van der Waals surface area (Å²) >= 11 is 1.91. The molecule has 3 atom stereocenters. The lowest BCUT2D eigenvalue weighted by Gasteiger charge is -2.50. The standard InChI is InChI=1S/C20H30N2O3S/c1-3-22(13-19(23)24)15-10-14(11-15)21-17-12-18(25-4-2)20(17)26-16-8-6-5-7-9-16/h5-9,14-15,17-18,20-21H,3-4,10-13H2,1-2H3,(H,23,24)/t14?,15?,17?,18-,20-/m1/s1. The maximum absolute atomic E-state index is 11.0. The highest BCUT2D eigenvalue weighted by Gasteiger charge is 2.45. The van der Waals surface area contributed by atoms with E-state index in [0.29, 0.717) is 29.5 Å². The summed E-state index contributed by atoms with van der Waals surface area (Å²) in [5, 5.41) is 13.3. The third kappa shape index (κ3) is 4.80. The average molecular weight is 379 g/mol. The van der Waals surface area contributed by atoms with E-state index in [1.54, 1.807) is 0 Å². The number of nitrogens with one attached hydrogen (secondary N) is 1. The second kappa shape index (κ2) is 9.22. The van der Waals surface area contributed by atoms with Crippen LogP contribution in [0.15, 0.2) is 35.2 Å². The minimum Gasteiger partial charge on any atom is -0.480 e. The highest BCUT2D eigenvalue weighted by molar-refractivity contribution is 8.00. The van der Waals surface area contributed by atoms with Gasteiger partial charge in [-0.05, 0) is 44.9 Å². The van der Waals surface area contributed by atoms with Crippen molar-refractivity contribution in [2.45, 2.75) is 67.5 Å². The molecule has 5 nitrogen and oxygen atoms in total. The molecule has 144 valence electrons. The Balaban J connectivity index is 1.49. The largest absolute Gasteiger partial charge is 0.480 e. The molecule has 0 aromatic heterocycles. The van der Waals surface area contributed by atoms with Gasteiger partial charge in [-0.25, -0.2) is 0 Å². The first-order chi connectivity index (χ1) is 12.6. The lowest BCUT2D eigenvalue weighted by atomic mass is 9.81. The molecule has 0 aliphatic heterocycles. The Morgan fingerprint density at radius 1 is 1.27 bits per heavy atom. The molecule has 0 heterocycles. The molecule has 0 amide bonds. The van der Waals surface area contributed by atoms with Crippen molar-refractivity contribution in [1.82, 2.24) is 10.2 Å². The first kappa shape index (κ1) is 19.7. The van der Waals surface area contributed by atoms with Crippen molar-refractivity contribution < 1.29 is 14.6 Å². The highest BCUT2D eigenvalue weighted by Crippen LogP contribution is 2.40. The number of aliphatic carboxylic acids is 1. The summed E-state index contributed by atoms with van der Waals surface area (Å²) in [6.07, 6.45) is 3.46. The van der Waals surface area contributed by atoms with Crippen molar-refractivity contribution in [3.63, 3.8) is 0 Å². The van der Waals surface area contributed by atoms with Crippen LogP contribution in [0.2, 0.25) is 0 Å². The molecule has 1 aromatic rings. The minimum atomic E-state index is -0.735. The van der Waals surface area contributed by atoms with Crippen molar-refractivity contribution in [1.29, 1.82) is 0 Å². The quantitative estimate of drug-likeness (QED) is 0.653. The molecule has 2 fully saturated rings. The number of likely N-dealkylation sites (N-methyl/N-ethyl adjacent to an activating group) is 1. The molecule has 2 aliphatic rings. The zero-order valence-electron chi connectivity index (χ0n) is 15.6. The fourth-order valence-corrected chi connectivity index (χ4v) is 5.26. The summed E-state index contributed by atoms with van der Waals surface area (Å²) in [5.41, 5.74) is 0. The molecule has 0 radical (unpaired) electrons. The predicted octanol–water partition coefficient (Wildman–Crippen LogP) is 2.85. The molecular formula is C20H30N2O3S. The van der Waals surface area contributed by atoms with Gasteiger partial charge in [0.1, 0.15) is 0 Å². The number of carbonyl (C=O) groups is 1. The van der Waals surface area contributed by atoms with Gasteiger partial charge in [0.05, 0.1) is 17.9 Å². The number of carboxylic acid groups (broad SMARTS) is 1. The molecule has 2 saturated carbocycles. The van der Waals surface area contributed by atoms with E-state index < -0.39 is 5.97 Å². The van der Waals surface area contributed by atoms with Crippen molar-refractivity contribution in [3.8, 4) is 0 Å². The van der Waals surface area contributed by atoms with Crippen LogP contribution in [-0.4, -0.2) is 65.2 Å². The first-order valence-electron chi connectivity index (χ1n) is 9.65. The number of rotatable bonds is 10. The van der Waals surface area contributed by atoms with Crippen LogP contribution < -0.4 is 5.32 Å². The van der Waals surface area contributed by atoms with Gasteiger partial charge in [0.15, 0.2) is 0 Å². The number of carboxylic acids is 1. The zero-order valence-corrected chi connectivity index (χ0v) is 16.5. The Kier molecular flexibility index (Phi) is 6.98. The maximum atomic E-state index is 11.0. The van der Waals surface area contributed by atoms with Gasteiger partial charge < -0.3 is 15.2 Å². The van der Waals surface area contributed by atoms with E-state index in [-0.39, 0.29) is 6.54 Å². The summed E-state index contributed by atoms with van der Waals surface area (Å²) in [6.45, 7) is 5.80. The second-order valence-corrected chi connectivity index (χ2v) is 8.43. The molecule has 1 unspecified atom stereocenters. The molecular weight excluding hydrogens is 348 g/mol. The van der Waals surface area contributed by atoms with Crippen LogP contribution in [0, 0.1) is 0 Å². The van der Waals surface area contributed by atoms with Gasteiger partial charge in [-0.15, -0.1) is 11.8 Å². The van der Waals surface area contributed by atoms with Crippen LogP contribution in [0.1, 0.15) is 33.1 Å². The summed E-state index contributed by atoms with van der Waals surface area (Å²) in [6, 6.07) is 11.9. The van der Waals surface area contributed by atoms with Crippen molar-refractivity contribution in [3.05, 3.63) is 30.3 Å². The summed E-state index contributed by atoms with van der Waals surface area (Å²) in [4.78, 5) is 14.3. The molecule has 26 heavy (non-hydrogen) atoms. The Bertz CT molecular complexity index is 580. The fraction of sp³-hybridized carbons (Fsp3) is 0.650. The molecule has 2 aliphatic carbocycles. The predicted molar refractivity (Wildman–Crippen MR) is 105 cm³/mol. The number of nitrogens with zero attached hydrogens (tertiary/aromatic N) is 1. The van der Waals surface area contributed by atoms with E-state index in [2.05, 4.69) is 41.4 Å². The monoisotopic (exact) mass is 378 g/mol. The van der Waals surface area contributed by atoms with E-state index >= 15 is 0 Å². The van der Waals surface area contributed by atoms with E-state index in [1.165, 1.54) is 4.90 Å². The first-order valence-corrected chi connectivity index (χ1v) is 10.5. The molecule has 0 saturated heterocycles. The van der Waals surface area contributed by atoms with Gasteiger partial charge in [-0.1, -0.05) is 25.1 Å². The second-order valence-electron chi connectivity index (χ2n) is 7.18. The molecule has 0 spiro atoms. The molecule has 3 rings (SSSR count). The summed E-state index contributed by atoms with van der Waals surface area (Å²) < 4.78 is 5.91. The smallest absolute Gasteiger partial charge is 0.317 e. The van der Waals surface area contributed by atoms with E-state index in [1.807, 2.05) is 24.8 Å². The van der Waals surface area contributed by atoms with Crippen LogP contribution in [0.5, 0.6) is 0 Å². The van der Waals surface area contributed by atoms with Crippen LogP contribution in [0.3, 0.4) is 0 Å². The molecule has 2 N–H and O–H groups in total. The fourth-order valence-electron chi connectivity index (χ4n) is 3.93. The summed E-state index contributed by atoms with van der Waals surface area (Å²) in [7, 11) is 0. The number of hydrogen-bond donors (Lipinski definition) is 2. The maximum Gasteiger partial charge on any atom is 0.317 e. The third-order valence-corrected chi connectivity index (χ3v) is 6.92. The van der Waals surface area contributed by atoms with E-state index in [4.69, 9.17) is 9.84 Å². The highest BCUT2D eigenvalue weighted by atomic mass is 32.2. The van der Waals surface area contributed by atoms with E-state index in [9.17, 15) is 4.79 Å². The van der Waals surface area contributed by atoms with Crippen molar-refractivity contribution >= 4 is 17.7 Å². The van der Waals surface area contributed by atoms with Gasteiger partial charge in [-0.2, -0.15) is 0 Å². The Labute approximate surface area is 160 Å². The Morgan fingerprint density at radius 2 is 2.00 bits per heavy atom. The van der Waals surface area contributed by atoms with E-state index in [0.717, 1.165) is 32.4 Å². The Morgan fingerprint density at radius 3 is 2.62 bits per heavy atom. The minimum absolute atomic E-state index is 0.149. The SMILES string of the molecule is CCO[C@@H]1CC(NC2CC(N(CC)CC(=O)O)C2)[C@H]1Sc1ccccc1. The number of benzene rings is 1. The number of thioether (sulfide) groups is 1. The molecule has 0 bridgehead atoms. The van der Waals surface area contributed by atoms with Crippen LogP contribution in [0.25, 0.3) is 0 Å².